The third-order valence-corrected chi connectivity index (χ3v) is 5.26. The quantitative estimate of drug-likeness (QED) is 0.395. The predicted molar refractivity (Wildman–Crippen MR) is 115 cm³/mol. The molecule has 33 heavy (non-hydrogen) atoms. The SMILES string of the molecule is COC(=O)CC(C#Cc1ccc(OC(F)(F)F)cc1)c1ccc(OC)c(OC2CCCC2)c1. The molecule has 0 aliphatic heterocycles. The van der Waals surface area contributed by atoms with E-state index >= 15 is 0 Å². The molecular formula is C25H25F3O5. The molecule has 8 heteroatoms. The van der Waals surface area contributed by atoms with E-state index in [1.165, 1.54) is 31.4 Å². The van der Waals surface area contributed by atoms with Crippen molar-refractivity contribution in [2.75, 3.05) is 14.2 Å². The summed E-state index contributed by atoms with van der Waals surface area (Å²) in [6.45, 7) is 0. The molecule has 1 aliphatic carbocycles. The second-order valence-corrected chi connectivity index (χ2v) is 7.61. The van der Waals surface area contributed by atoms with Crippen LogP contribution < -0.4 is 14.2 Å². The molecule has 176 valence electrons. The Balaban J connectivity index is 1.85. The van der Waals surface area contributed by atoms with Gasteiger partial charge in [-0.3, -0.25) is 4.79 Å². The summed E-state index contributed by atoms with van der Waals surface area (Å²) in [6, 6.07) is 10.6. The van der Waals surface area contributed by atoms with Gasteiger partial charge in [0.25, 0.3) is 0 Å². The molecule has 0 heterocycles. The summed E-state index contributed by atoms with van der Waals surface area (Å²) in [5.41, 5.74) is 1.23. The molecule has 2 aromatic carbocycles. The molecular weight excluding hydrogens is 437 g/mol. The molecule has 3 rings (SSSR count). The number of benzene rings is 2. The van der Waals surface area contributed by atoms with Crippen LogP contribution >= 0.6 is 0 Å². The van der Waals surface area contributed by atoms with Crippen LogP contribution in [0.2, 0.25) is 0 Å². The zero-order chi connectivity index (χ0) is 23.8. The Morgan fingerprint density at radius 3 is 2.36 bits per heavy atom. The van der Waals surface area contributed by atoms with Gasteiger partial charge in [-0.1, -0.05) is 17.9 Å². The van der Waals surface area contributed by atoms with Crippen molar-refractivity contribution in [3.8, 4) is 29.1 Å². The highest BCUT2D eigenvalue weighted by Crippen LogP contribution is 2.35. The van der Waals surface area contributed by atoms with E-state index in [4.69, 9.17) is 14.2 Å². The Hall–Kier alpha value is -3.34. The van der Waals surface area contributed by atoms with E-state index in [0.717, 1.165) is 31.2 Å². The van der Waals surface area contributed by atoms with Gasteiger partial charge in [0.1, 0.15) is 5.75 Å². The molecule has 0 saturated heterocycles. The lowest BCUT2D eigenvalue weighted by molar-refractivity contribution is -0.274. The first kappa shape index (κ1) is 24.3. The fourth-order valence-corrected chi connectivity index (χ4v) is 3.60. The minimum atomic E-state index is -4.76. The van der Waals surface area contributed by atoms with Gasteiger partial charge in [0.2, 0.25) is 0 Å². The summed E-state index contributed by atoms with van der Waals surface area (Å²) in [4.78, 5) is 12.0. The molecule has 0 radical (unpaired) electrons. The lowest BCUT2D eigenvalue weighted by atomic mass is 9.95. The molecule has 1 atom stereocenters. The van der Waals surface area contributed by atoms with Crippen LogP contribution in [0.25, 0.3) is 0 Å². The first-order chi connectivity index (χ1) is 15.8. The smallest absolute Gasteiger partial charge is 0.493 e. The molecule has 1 aliphatic rings. The van der Waals surface area contributed by atoms with Crippen molar-refractivity contribution in [3.63, 3.8) is 0 Å². The summed E-state index contributed by atoms with van der Waals surface area (Å²) < 4.78 is 57.3. The maximum absolute atomic E-state index is 12.3. The summed E-state index contributed by atoms with van der Waals surface area (Å²) in [5, 5.41) is 0. The monoisotopic (exact) mass is 462 g/mol. The topological polar surface area (TPSA) is 54.0 Å². The van der Waals surface area contributed by atoms with Gasteiger partial charge in [0.05, 0.1) is 32.7 Å². The van der Waals surface area contributed by atoms with Gasteiger partial charge >= 0.3 is 12.3 Å². The van der Waals surface area contributed by atoms with Gasteiger partial charge in [-0.15, -0.1) is 13.2 Å². The van der Waals surface area contributed by atoms with Crippen LogP contribution in [0.4, 0.5) is 13.2 Å². The Morgan fingerprint density at radius 2 is 1.76 bits per heavy atom. The maximum Gasteiger partial charge on any atom is 0.573 e. The summed E-state index contributed by atoms with van der Waals surface area (Å²) in [7, 11) is 2.86. The summed E-state index contributed by atoms with van der Waals surface area (Å²) in [5.74, 6) is 5.86. The van der Waals surface area contributed by atoms with Gasteiger partial charge in [-0.05, 0) is 67.6 Å². The molecule has 0 amide bonds. The Morgan fingerprint density at radius 1 is 1.06 bits per heavy atom. The zero-order valence-electron chi connectivity index (χ0n) is 18.4. The van der Waals surface area contributed by atoms with Crippen LogP contribution in [0, 0.1) is 11.8 Å². The average molecular weight is 462 g/mol. The van der Waals surface area contributed by atoms with Gasteiger partial charge in [0, 0.05) is 5.56 Å². The molecule has 1 saturated carbocycles. The third kappa shape index (κ3) is 7.35. The number of halogens is 3. The molecule has 0 bridgehead atoms. The lowest BCUT2D eigenvalue weighted by Gasteiger charge is -2.18. The fraction of sp³-hybridized carbons (Fsp3) is 0.400. The van der Waals surface area contributed by atoms with Crippen LogP contribution in [0.5, 0.6) is 17.2 Å². The van der Waals surface area contributed by atoms with Gasteiger partial charge in [-0.2, -0.15) is 0 Å². The Bertz CT molecular complexity index is 999. The summed E-state index contributed by atoms with van der Waals surface area (Å²) >= 11 is 0. The van der Waals surface area contributed by atoms with Crippen LogP contribution in [0.15, 0.2) is 42.5 Å². The van der Waals surface area contributed by atoms with Crippen LogP contribution in [-0.4, -0.2) is 32.7 Å². The molecule has 0 spiro atoms. The van der Waals surface area contributed by atoms with Crippen molar-refractivity contribution in [3.05, 3.63) is 53.6 Å². The van der Waals surface area contributed by atoms with Gasteiger partial charge < -0.3 is 18.9 Å². The van der Waals surface area contributed by atoms with E-state index in [2.05, 4.69) is 16.6 Å². The predicted octanol–water partition coefficient (Wildman–Crippen LogP) is 5.61. The minimum absolute atomic E-state index is 0.00790. The van der Waals surface area contributed by atoms with Crippen molar-refractivity contribution < 1.29 is 36.9 Å². The number of esters is 1. The fourth-order valence-electron chi connectivity index (χ4n) is 3.60. The number of ether oxygens (including phenoxy) is 4. The zero-order valence-corrected chi connectivity index (χ0v) is 18.4. The first-order valence-electron chi connectivity index (χ1n) is 10.6. The van der Waals surface area contributed by atoms with Gasteiger partial charge in [0.15, 0.2) is 11.5 Å². The number of carbonyl (C=O) groups is 1. The van der Waals surface area contributed by atoms with Crippen LogP contribution in [0.1, 0.15) is 49.1 Å². The lowest BCUT2D eigenvalue weighted by Crippen LogP contribution is -2.16. The number of methoxy groups -OCH3 is 2. The van der Waals surface area contributed by atoms with Crippen molar-refractivity contribution in [2.45, 2.75) is 50.5 Å². The van der Waals surface area contributed by atoms with E-state index < -0.39 is 18.2 Å². The molecule has 1 fully saturated rings. The van der Waals surface area contributed by atoms with Crippen LogP contribution in [0.3, 0.4) is 0 Å². The highest BCUT2D eigenvalue weighted by atomic mass is 19.4. The van der Waals surface area contributed by atoms with Crippen molar-refractivity contribution in [1.82, 2.24) is 0 Å². The number of hydrogen-bond acceptors (Lipinski definition) is 5. The maximum atomic E-state index is 12.3. The molecule has 0 N–H and O–H groups in total. The Kier molecular flexibility index (Phi) is 8.10. The highest BCUT2D eigenvalue weighted by molar-refractivity contribution is 5.71. The number of rotatable bonds is 7. The second kappa shape index (κ2) is 11.0. The van der Waals surface area contributed by atoms with E-state index in [0.29, 0.717) is 17.1 Å². The second-order valence-electron chi connectivity index (χ2n) is 7.61. The molecule has 5 nitrogen and oxygen atoms in total. The van der Waals surface area contributed by atoms with E-state index in [1.807, 2.05) is 12.1 Å². The van der Waals surface area contributed by atoms with E-state index in [9.17, 15) is 18.0 Å². The standard InChI is InChI=1S/C25H25F3O5/c1-30-22-14-11-18(15-23(22)32-20-5-3-4-6-20)19(16-24(29)31-2)10-7-17-8-12-21(13-9-17)33-25(26,27)28/h8-9,11-15,19-20H,3-6,16H2,1-2H3. The number of alkyl halides is 3. The van der Waals surface area contributed by atoms with Crippen molar-refractivity contribution in [2.24, 2.45) is 0 Å². The molecule has 1 unspecified atom stereocenters. The van der Waals surface area contributed by atoms with E-state index in [1.54, 1.807) is 13.2 Å². The first-order valence-corrected chi connectivity index (χ1v) is 10.6. The number of carbonyl (C=O) groups excluding carboxylic acids is 1. The van der Waals surface area contributed by atoms with Gasteiger partial charge in [-0.25, -0.2) is 0 Å². The largest absolute Gasteiger partial charge is 0.573 e. The normalized spacial score (nSPS) is 14.7. The summed E-state index contributed by atoms with van der Waals surface area (Å²) in [6.07, 6.45) is -0.429. The molecule has 2 aromatic rings. The number of hydrogen-bond donors (Lipinski definition) is 0. The average Bonchev–Trinajstić information content (AvgIpc) is 3.29. The third-order valence-electron chi connectivity index (χ3n) is 5.26. The van der Waals surface area contributed by atoms with Crippen molar-refractivity contribution in [1.29, 1.82) is 0 Å². The minimum Gasteiger partial charge on any atom is -0.493 e. The van der Waals surface area contributed by atoms with Crippen molar-refractivity contribution >= 4 is 5.97 Å². The highest BCUT2D eigenvalue weighted by Gasteiger charge is 2.31. The Labute approximate surface area is 190 Å². The van der Waals surface area contributed by atoms with E-state index in [-0.39, 0.29) is 18.3 Å². The molecule has 0 aromatic heterocycles. The van der Waals surface area contributed by atoms with Crippen LogP contribution in [-0.2, 0) is 9.53 Å².